The van der Waals surface area contributed by atoms with E-state index in [1.807, 2.05) is 32.9 Å². The third-order valence-corrected chi connectivity index (χ3v) is 4.77. The Hall–Kier alpha value is -2.23. The summed E-state index contributed by atoms with van der Waals surface area (Å²) >= 11 is 0. The predicted octanol–water partition coefficient (Wildman–Crippen LogP) is 4.21. The van der Waals surface area contributed by atoms with Crippen molar-refractivity contribution >= 4 is 5.97 Å². The SMILES string of the molecule is C=CC[C@@](C(=O)OC)(c1cc(OC)c(C)cc1OC)C(C)(C)C=C. The normalized spacial score (nSPS) is 13.6. The maximum absolute atomic E-state index is 13.0. The van der Waals surface area contributed by atoms with Gasteiger partial charge in [-0.3, -0.25) is 4.79 Å². The zero-order chi connectivity index (χ0) is 18.5. The van der Waals surface area contributed by atoms with Crippen molar-refractivity contribution in [3.05, 3.63) is 48.6 Å². The van der Waals surface area contributed by atoms with Crippen molar-refractivity contribution in [3.8, 4) is 11.5 Å². The van der Waals surface area contributed by atoms with E-state index in [-0.39, 0.29) is 5.97 Å². The Labute approximate surface area is 145 Å². The molecule has 0 fully saturated rings. The fourth-order valence-electron chi connectivity index (χ4n) is 3.13. The van der Waals surface area contributed by atoms with Gasteiger partial charge in [-0.05, 0) is 31.0 Å². The number of benzene rings is 1. The molecule has 1 atom stereocenters. The van der Waals surface area contributed by atoms with Gasteiger partial charge in [0.25, 0.3) is 0 Å². The molecule has 4 heteroatoms. The van der Waals surface area contributed by atoms with Gasteiger partial charge in [0.05, 0.1) is 21.3 Å². The third-order valence-electron chi connectivity index (χ3n) is 4.77. The van der Waals surface area contributed by atoms with Gasteiger partial charge < -0.3 is 14.2 Å². The van der Waals surface area contributed by atoms with Crippen molar-refractivity contribution in [2.75, 3.05) is 21.3 Å². The van der Waals surface area contributed by atoms with Crippen LogP contribution < -0.4 is 9.47 Å². The molecule has 132 valence electrons. The molecule has 0 heterocycles. The van der Waals surface area contributed by atoms with Crippen LogP contribution in [0.3, 0.4) is 0 Å². The lowest BCUT2D eigenvalue weighted by Gasteiger charge is -2.43. The first-order valence-corrected chi connectivity index (χ1v) is 7.81. The highest BCUT2D eigenvalue weighted by Crippen LogP contribution is 2.51. The van der Waals surface area contributed by atoms with Crippen molar-refractivity contribution in [3.63, 3.8) is 0 Å². The molecule has 0 aliphatic rings. The molecule has 0 N–H and O–H groups in total. The first-order valence-electron chi connectivity index (χ1n) is 7.81. The highest BCUT2D eigenvalue weighted by atomic mass is 16.5. The van der Waals surface area contributed by atoms with Crippen LogP contribution in [0.5, 0.6) is 11.5 Å². The Balaban J connectivity index is 3.94. The summed E-state index contributed by atoms with van der Waals surface area (Å²) in [4.78, 5) is 13.0. The molecule has 0 amide bonds. The van der Waals surface area contributed by atoms with Crippen LogP contribution in [0.4, 0.5) is 0 Å². The van der Waals surface area contributed by atoms with Gasteiger partial charge in [0.1, 0.15) is 16.9 Å². The van der Waals surface area contributed by atoms with E-state index in [0.29, 0.717) is 23.5 Å². The van der Waals surface area contributed by atoms with Gasteiger partial charge in [0.15, 0.2) is 0 Å². The fraction of sp³-hybridized carbons (Fsp3) is 0.450. The second-order valence-electron chi connectivity index (χ2n) is 6.34. The van der Waals surface area contributed by atoms with Crippen molar-refractivity contribution in [1.29, 1.82) is 0 Å². The first kappa shape index (κ1) is 19.8. The molecule has 0 unspecified atom stereocenters. The molecule has 4 nitrogen and oxygen atoms in total. The van der Waals surface area contributed by atoms with E-state index in [0.717, 1.165) is 5.56 Å². The lowest BCUT2D eigenvalue weighted by atomic mass is 9.59. The average Bonchev–Trinajstić information content (AvgIpc) is 2.58. The largest absolute Gasteiger partial charge is 0.496 e. The third kappa shape index (κ3) is 3.05. The van der Waals surface area contributed by atoms with Crippen LogP contribution >= 0.6 is 0 Å². The van der Waals surface area contributed by atoms with Gasteiger partial charge in [-0.25, -0.2) is 0 Å². The van der Waals surface area contributed by atoms with E-state index >= 15 is 0 Å². The van der Waals surface area contributed by atoms with E-state index in [1.54, 1.807) is 26.4 Å². The highest BCUT2D eigenvalue weighted by molar-refractivity contribution is 5.86. The maximum Gasteiger partial charge on any atom is 0.317 e. The fourth-order valence-corrected chi connectivity index (χ4v) is 3.13. The summed E-state index contributed by atoms with van der Waals surface area (Å²) in [5.74, 6) is 0.926. The van der Waals surface area contributed by atoms with Crippen LogP contribution in [0.25, 0.3) is 0 Å². The van der Waals surface area contributed by atoms with E-state index in [1.165, 1.54) is 7.11 Å². The second-order valence-corrected chi connectivity index (χ2v) is 6.34. The van der Waals surface area contributed by atoms with Gasteiger partial charge in [-0.2, -0.15) is 0 Å². The van der Waals surface area contributed by atoms with E-state index in [4.69, 9.17) is 14.2 Å². The predicted molar refractivity (Wildman–Crippen MR) is 96.8 cm³/mol. The Morgan fingerprint density at radius 2 is 1.71 bits per heavy atom. The molecule has 24 heavy (non-hydrogen) atoms. The minimum Gasteiger partial charge on any atom is -0.496 e. The zero-order valence-electron chi connectivity index (χ0n) is 15.6. The van der Waals surface area contributed by atoms with Crippen molar-refractivity contribution in [2.24, 2.45) is 5.41 Å². The van der Waals surface area contributed by atoms with Crippen LogP contribution in [0.2, 0.25) is 0 Å². The number of carbonyl (C=O) groups is 1. The summed E-state index contributed by atoms with van der Waals surface area (Å²) in [6, 6.07) is 3.72. The van der Waals surface area contributed by atoms with Gasteiger partial charge >= 0.3 is 5.97 Å². The summed E-state index contributed by atoms with van der Waals surface area (Å²) in [5, 5.41) is 0. The van der Waals surface area contributed by atoms with Gasteiger partial charge in [0.2, 0.25) is 0 Å². The monoisotopic (exact) mass is 332 g/mol. The summed E-state index contributed by atoms with van der Waals surface area (Å²) in [7, 11) is 4.57. The summed E-state index contributed by atoms with van der Waals surface area (Å²) < 4.78 is 16.2. The Morgan fingerprint density at radius 3 is 2.12 bits per heavy atom. The topological polar surface area (TPSA) is 44.8 Å². The second kappa shape index (κ2) is 7.56. The van der Waals surface area contributed by atoms with Crippen molar-refractivity contribution in [2.45, 2.75) is 32.6 Å². The zero-order valence-corrected chi connectivity index (χ0v) is 15.6. The number of aryl methyl sites for hydroxylation is 1. The number of carbonyl (C=O) groups excluding carboxylic acids is 1. The Morgan fingerprint density at radius 1 is 1.12 bits per heavy atom. The minimum atomic E-state index is -1.03. The van der Waals surface area contributed by atoms with Gasteiger partial charge in [-0.1, -0.05) is 26.0 Å². The minimum absolute atomic E-state index is 0.364. The van der Waals surface area contributed by atoms with Crippen molar-refractivity contribution in [1.82, 2.24) is 0 Å². The van der Waals surface area contributed by atoms with E-state index < -0.39 is 10.8 Å². The lowest BCUT2D eigenvalue weighted by molar-refractivity contribution is -0.151. The molecule has 0 saturated heterocycles. The number of esters is 1. The van der Waals surface area contributed by atoms with Crippen LogP contribution in [0.1, 0.15) is 31.4 Å². The first-order chi connectivity index (χ1) is 11.2. The number of hydrogen-bond donors (Lipinski definition) is 0. The van der Waals surface area contributed by atoms with Crippen LogP contribution in [0.15, 0.2) is 37.4 Å². The Kier molecular flexibility index (Phi) is 6.24. The number of hydrogen-bond acceptors (Lipinski definition) is 4. The van der Waals surface area contributed by atoms with Crippen LogP contribution in [0, 0.1) is 12.3 Å². The molecule has 0 aliphatic heterocycles. The molecule has 0 aromatic heterocycles. The van der Waals surface area contributed by atoms with E-state index in [9.17, 15) is 4.79 Å². The molecule has 0 saturated carbocycles. The number of methoxy groups -OCH3 is 3. The Bertz CT molecular complexity index is 631. The van der Waals surface area contributed by atoms with Crippen molar-refractivity contribution < 1.29 is 19.0 Å². The number of allylic oxidation sites excluding steroid dienone is 2. The molecule has 1 aromatic rings. The summed E-state index contributed by atoms with van der Waals surface area (Å²) in [6.45, 7) is 13.6. The molecule has 1 rings (SSSR count). The van der Waals surface area contributed by atoms with Crippen LogP contribution in [-0.4, -0.2) is 27.3 Å². The quantitative estimate of drug-likeness (QED) is 0.528. The average molecular weight is 332 g/mol. The van der Waals surface area contributed by atoms with Gasteiger partial charge in [0, 0.05) is 11.0 Å². The molecule has 0 bridgehead atoms. The standard InChI is InChI=1S/C20H28O4/c1-9-11-20(18(21)24-8,19(4,5)10-2)15-13-16(22-6)14(3)12-17(15)23-7/h9-10,12-13H,1-2,11H2,3-8H3/t20-/m0/s1. The highest BCUT2D eigenvalue weighted by Gasteiger charge is 2.53. The lowest BCUT2D eigenvalue weighted by Crippen LogP contribution is -2.48. The van der Waals surface area contributed by atoms with Gasteiger partial charge in [-0.15, -0.1) is 13.2 Å². The molecular formula is C20H28O4. The number of rotatable bonds is 8. The smallest absolute Gasteiger partial charge is 0.317 e. The molecule has 0 aliphatic carbocycles. The summed E-state index contributed by atoms with van der Waals surface area (Å²) in [5.41, 5.74) is -0.0182. The molecule has 0 radical (unpaired) electrons. The molecule has 0 spiro atoms. The molecule has 1 aromatic carbocycles. The maximum atomic E-state index is 13.0. The van der Waals surface area contributed by atoms with Crippen LogP contribution in [-0.2, 0) is 14.9 Å². The molecular weight excluding hydrogens is 304 g/mol. The number of ether oxygens (including phenoxy) is 3. The summed E-state index contributed by atoms with van der Waals surface area (Å²) in [6.07, 6.45) is 3.86. The van der Waals surface area contributed by atoms with E-state index in [2.05, 4.69) is 13.2 Å².